The second-order valence-electron chi connectivity index (χ2n) is 5.56. The first-order valence-corrected chi connectivity index (χ1v) is 8.30. The summed E-state index contributed by atoms with van der Waals surface area (Å²) < 4.78 is 5.66. The van der Waals surface area contributed by atoms with Gasteiger partial charge in [0, 0.05) is 18.4 Å². The molecule has 3 N–H and O–H groups in total. The number of nitrogens with two attached hydrogens (primary N) is 1. The van der Waals surface area contributed by atoms with E-state index in [1.807, 2.05) is 18.2 Å². The van der Waals surface area contributed by atoms with Gasteiger partial charge in [-0.15, -0.1) is 0 Å². The number of anilines is 1. The molecule has 0 spiro atoms. The first-order valence-electron chi connectivity index (χ1n) is 7.93. The van der Waals surface area contributed by atoms with Crippen molar-refractivity contribution in [2.75, 3.05) is 5.32 Å². The molecule has 0 saturated carbocycles. The molecular weight excluding hydrogens is 354 g/mol. The Morgan fingerprint density at radius 3 is 2.62 bits per heavy atom. The molecule has 2 amide bonds. The van der Waals surface area contributed by atoms with E-state index < -0.39 is 5.91 Å². The molecule has 0 unspecified atom stereocenters. The molecule has 3 aromatic rings. The third kappa shape index (κ3) is 4.10. The summed E-state index contributed by atoms with van der Waals surface area (Å²) in [5, 5.41) is 3.25. The minimum atomic E-state index is -0.599. The average molecular weight is 370 g/mol. The highest BCUT2D eigenvalue weighted by Gasteiger charge is 2.13. The first kappa shape index (κ1) is 17.7. The monoisotopic (exact) mass is 369 g/mol. The zero-order valence-corrected chi connectivity index (χ0v) is 14.5. The molecule has 1 heterocycles. The van der Waals surface area contributed by atoms with Crippen LogP contribution in [0.3, 0.4) is 0 Å². The Kier molecular flexibility index (Phi) is 5.34. The van der Waals surface area contributed by atoms with Gasteiger partial charge in [-0.05, 0) is 24.3 Å². The van der Waals surface area contributed by atoms with E-state index >= 15 is 0 Å². The van der Waals surface area contributed by atoms with Gasteiger partial charge in [0.15, 0.2) is 11.7 Å². The normalized spacial score (nSPS) is 10.5. The van der Waals surface area contributed by atoms with Gasteiger partial charge in [0.2, 0.25) is 5.91 Å². The Balaban J connectivity index is 1.63. The zero-order chi connectivity index (χ0) is 18.5. The lowest BCUT2D eigenvalue weighted by Gasteiger charge is -2.08. The van der Waals surface area contributed by atoms with Crippen LogP contribution in [0.1, 0.15) is 22.7 Å². The number of carbonyl (C=O) groups excluding carboxylic acids is 2. The largest absolute Gasteiger partial charge is 0.441 e. The van der Waals surface area contributed by atoms with Gasteiger partial charge in [-0.2, -0.15) is 0 Å². The maximum Gasteiger partial charge on any atom is 0.250 e. The predicted octanol–water partition coefficient (Wildman–Crippen LogP) is 3.67. The number of aryl methyl sites for hydroxylation is 1. The number of hydrogen-bond donors (Lipinski definition) is 2. The number of carbonyl (C=O) groups is 2. The molecule has 2 aromatic carbocycles. The molecule has 6 nitrogen and oxygen atoms in total. The highest BCUT2D eigenvalue weighted by Crippen LogP contribution is 2.28. The Morgan fingerprint density at radius 2 is 1.85 bits per heavy atom. The lowest BCUT2D eigenvalue weighted by molar-refractivity contribution is -0.116. The average Bonchev–Trinajstić information content (AvgIpc) is 3.09. The number of oxazole rings is 1. The van der Waals surface area contributed by atoms with Crippen molar-refractivity contribution in [3.8, 4) is 11.3 Å². The van der Waals surface area contributed by atoms with E-state index in [1.54, 1.807) is 36.5 Å². The molecule has 0 fully saturated rings. The van der Waals surface area contributed by atoms with Crippen LogP contribution in [-0.2, 0) is 11.2 Å². The summed E-state index contributed by atoms with van der Waals surface area (Å²) in [5.74, 6) is 0.109. The second-order valence-corrected chi connectivity index (χ2v) is 5.96. The Morgan fingerprint density at radius 1 is 1.12 bits per heavy atom. The topological polar surface area (TPSA) is 98.2 Å². The van der Waals surface area contributed by atoms with Crippen LogP contribution in [0.15, 0.2) is 59.1 Å². The molecule has 0 radical (unpaired) electrons. The van der Waals surface area contributed by atoms with Crippen molar-refractivity contribution in [3.05, 3.63) is 71.2 Å². The summed E-state index contributed by atoms with van der Waals surface area (Å²) in [6.45, 7) is 0. The van der Waals surface area contributed by atoms with Crippen molar-refractivity contribution < 1.29 is 14.0 Å². The van der Waals surface area contributed by atoms with E-state index in [0.29, 0.717) is 28.8 Å². The van der Waals surface area contributed by atoms with Crippen LogP contribution in [0.4, 0.5) is 5.69 Å². The molecule has 26 heavy (non-hydrogen) atoms. The standard InChI is InChI=1S/C19H16ClN3O3/c20-14-7-3-1-5-12(14)16-11-22-18(26-16)10-9-17(24)23-15-8-4-2-6-13(15)19(21)25/h1-8,11H,9-10H2,(H2,21,25)(H,23,24). The van der Waals surface area contributed by atoms with Crippen molar-refractivity contribution >= 4 is 29.1 Å². The van der Waals surface area contributed by atoms with E-state index in [4.69, 9.17) is 21.8 Å². The minimum absolute atomic E-state index is 0.148. The van der Waals surface area contributed by atoms with Gasteiger partial charge in [0.25, 0.3) is 5.91 Å². The molecule has 0 aliphatic rings. The molecule has 7 heteroatoms. The van der Waals surface area contributed by atoms with Crippen LogP contribution in [0.5, 0.6) is 0 Å². The fourth-order valence-corrected chi connectivity index (χ4v) is 2.68. The summed E-state index contributed by atoms with van der Waals surface area (Å²) in [6, 6.07) is 13.9. The lowest BCUT2D eigenvalue weighted by atomic mass is 10.1. The lowest BCUT2D eigenvalue weighted by Crippen LogP contribution is -2.18. The first-order chi connectivity index (χ1) is 12.5. The van der Waals surface area contributed by atoms with Gasteiger partial charge >= 0.3 is 0 Å². The van der Waals surface area contributed by atoms with Crippen molar-refractivity contribution in [1.29, 1.82) is 0 Å². The molecular formula is C19H16ClN3O3. The SMILES string of the molecule is NC(=O)c1ccccc1NC(=O)CCc1ncc(-c2ccccc2Cl)o1. The van der Waals surface area contributed by atoms with E-state index in [0.717, 1.165) is 5.56 Å². The van der Waals surface area contributed by atoms with Gasteiger partial charge in [0.05, 0.1) is 22.5 Å². The van der Waals surface area contributed by atoms with E-state index in [-0.39, 0.29) is 17.9 Å². The van der Waals surface area contributed by atoms with E-state index in [2.05, 4.69) is 10.3 Å². The summed E-state index contributed by atoms with van der Waals surface area (Å²) in [4.78, 5) is 27.7. The number of primary amides is 1. The third-order valence-electron chi connectivity index (χ3n) is 3.73. The molecule has 1 aromatic heterocycles. The minimum Gasteiger partial charge on any atom is -0.441 e. The van der Waals surface area contributed by atoms with Crippen LogP contribution in [0.2, 0.25) is 5.02 Å². The fraction of sp³-hybridized carbons (Fsp3) is 0.105. The summed E-state index contributed by atoms with van der Waals surface area (Å²) in [5.41, 5.74) is 6.69. The fourth-order valence-electron chi connectivity index (χ4n) is 2.45. The Labute approximate surface area is 155 Å². The maximum atomic E-state index is 12.1. The Bertz CT molecular complexity index is 952. The predicted molar refractivity (Wildman–Crippen MR) is 98.9 cm³/mol. The number of hydrogen-bond acceptors (Lipinski definition) is 4. The van der Waals surface area contributed by atoms with Crippen molar-refractivity contribution in [1.82, 2.24) is 4.98 Å². The Hall–Kier alpha value is -3.12. The molecule has 0 saturated heterocycles. The number of nitrogens with zero attached hydrogens (tertiary/aromatic N) is 1. The van der Waals surface area contributed by atoms with Gasteiger partial charge < -0.3 is 15.5 Å². The molecule has 132 valence electrons. The maximum absolute atomic E-state index is 12.1. The quantitative estimate of drug-likeness (QED) is 0.692. The molecule has 0 aliphatic carbocycles. The second kappa shape index (κ2) is 7.84. The van der Waals surface area contributed by atoms with Crippen LogP contribution >= 0.6 is 11.6 Å². The number of benzene rings is 2. The summed E-state index contributed by atoms with van der Waals surface area (Å²) >= 11 is 6.14. The van der Waals surface area contributed by atoms with Gasteiger partial charge in [-0.3, -0.25) is 9.59 Å². The highest BCUT2D eigenvalue weighted by molar-refractivity contribution is 6.33. The van der Waals surface area contributed by atoms with Crippen molar-refractivity contribution in [2.24, 2.45) is 5.73 Å². The van der Waals surface area contributed by atoms with Crippen LogP contribution in [0.25, 0.3) is 11.3 Å². The van der Waals surface area contributed by atoms with Gasteiger partial charge in [-0.25, -0.2) is 4.98 Å². The molecule has 0 bridgehead atoms. The van der Waals surface area contributed by atoms with Crippen molar-refractivity contribution in [3.63, 3.8) is 0 Å². The van der Waals surface area contributed by atoms with E-state index in [9.17, 15) is 9.59 Å². The highest BCUT2D eigenvalue weighted by atomic mass is 35.5. The summed E-state index contributed by atoms with van der Waals surface area (Å²) in [6.07, 6.45) is 2.04. The van der Waals surface area contributed by atoms with Gasteiger partial charge in [0.1, 0.15) is 0 Å². The third-order valence-corrected chi connectivity index (χ3v) is 4.06. The van der Waals surface area contributed by atoms with Crippen LogP contribution < -0.4 is 11.1 Å². The number of rotatable bonds is 6. The number of aromatic nitrogens is 1. The summed E-state index contributed by atoms with van der Waals surface area (Å²) in [7, 11) is 0. The zero-order valence-electron chi connectivity index (χ0n) is 13.7. The van der Waals surface area contributed by atoms with Gasteiger partial charge in [-0.1, -0.05) is 35.9 Å². The van der Waals surface area contributed by atoms with E-state index in [1.165, 1.54) is 0 Å². The number of halogens is 1. The van der Waals surface area contributed by atoms with Crippen LogP contribution in [-0.4, -0.2) is 16.8 Å². The number of para-hydroxylation sites is 1. The smallest absolute Gasteiger partial charge is 0.250 e. The molecule has 0 atom stereocenters. The number of amides is 2. The van der Waals surface area contributed by atoms with Crippen molar-refractivity contribution in [2.45, 2.75) is 12.8 Å². The van der Waals surface area contributed by atoms with Crippen LogP contribution in [0, 0.1) is 0 Å². The molecule has 0 aliphatic heterocycles. The number of nitrogens with one attached hydrogen (secondary N) is 1. The molecule has 3 rings (SSSR count).